The fourth-order valence-corrected chi connectivity index (χ4v) is 2.89. The van der Waals surface area contributed by atoms with Gasteiger partial charge in [-0.3, -0.25) is 4.40 Å². The van der Waals surface area contributed by atoms with Crippen LogP contribution in [0.15, 0.2) is 24.4 Å². The highest BCUT2D eigenvalue weighted by molar-refractivity contribution is 5.39. The van der Waals surface area contributed by atoms with Gasteiger partial charge in [-0.05, 0) is 37.1 Å². The zero-order chi connectivity index (χ0) is 9.83. The minimum absolute atomic E-state index is 0.642. The summed E-state index contributed by atoms with van der Waals surface area (Å²) >= 11 is 0. The van der Waals surface area contributed by atoms with Crippen LogP contribution in [0.3, 0.4) is 0 Å². The summed E-state index contributed by atoms with van der Waals surface area (Å²) in [5.41, 5.74) is 0.963. The molecule has 0 aromatic carbocycles. The van der Waals surface area contributed by atoms with Gasteiger partial charge in [0.25, 0.3) is 0 Å². The summed E-state index contributed by atoms with van der Waals surface area (Å²) in [5.74, 6) is 3.40. The third-order valence-electron chi connectivity index (χ3n) is 3.73. The molecule has 3 heterocycles. The van der Waals surface area contributed by atoms with E-state index in [1.54, 1.807) is 0 Å². The zero-order valence-electron chi connectivity index (χ0n) is 8.30. The molecule has 0 spiro atoms. The Balaban J connectivity index is 1.82. The second kappa shape index (κ2) is 2.58. The highest BCUT2D eigenvalue weighted by Gasteiger charge is 2.55. The van der Waals surface area contributed by atoms with Gasteiger partial charge < -0.3 is 5.32 Å². The van der Waals surface area contributed by atoms with Crippen LogP contribution in [-0.4, -0.2) is 27.7 Å². The lowest BCUT2D eigenvalue weighted by Gasteiger charge is -2.02. The van der Waals surface area contributed by atoms with Crippen LogP contribution >= 0.6 is 0 Å². The van der Waals surface area contributed by atoms with Gasteiger partial charge in [0.05, 0.1) is 0 Å². The average Bonchev–Trinajstić information content (AvgIpc) is 2.73. The molecule has 1 N–H and O–H groups in total. The first-order chi connectivity index (χ1) is 7.45. The van der Waals surface area contributed by atoms with Crippen LogP contribution in [0, 0.1) is 11.8 Å². The Bertz CT molecular complexity index is 508. The van der Waals surface area contributed by atoms with E-state index in [0.29, 0.717) is 5.92 Å². The van der Waals surface area contributed by atoms with E-state index in [4.69, 9.17) is 0 Å². The van der Waals surface area contributed by atoms with Crippen molar-refractivity contribution in [1.29, 1.82) is 0 Å². The number of hydrogen-bond donors (Lipinski definition) is 1. The SMILES string of the molecule is c1ccn2c(C3C4CNCC43)nnc2c1. The van der Waals surface area contributed by atoms with E-state index in [1.807, 2.05) is 18.2 Å². The average molecular weight is 200 g/mol. The highest BCUT2D eigenvalue weighted by Crippen LogP contribution is 2.55. The molecule has 1 aliphatic heterocycles. The van der Waals surface area contributed by atoms with Crippen molar-refractivity contribution in [3.8, 4) is 0 Å². The topological polar surface area (TPSA) is 42.2 Å². The second-order valence-electron chi connectivity index (χ2n) is 4.50. The van der Waals surface area contributed by atoms with Crippen molar-refractivity contribution in [1.82, 2.24) is 19.9 Å². The summed E-state index contributed by atoms with van der Waals surface area (Å²) in [6, 6.07) is 6.05. The normalized spacial score (nSPS) is 33.2. The molecule has 2 aromatic heterocycles. The number of aromatic nitrogens is 3. The van der Waals surface area contributed by atoms with Crippen molar-refractivity contribution >= 4 is 5.65 Å². The molecular formula is C11H12N4. The van der Waals surface area contributed by atoms with Gasteiger partial charge in [-0.25, -0.2) is 0 Å². The number of piperidine rings is 1. The molecular weight excluding hydrogens is 188 g/mol. The summed E-state index contributed by atoms with van der Waals surface area (Å²) in [6.45, 7) is 2.30. The minimum Gasteiger partial charge on any atom is -0.316 e. The molecule has 15 heavy (non-hydrogen) atoms. The lowest BCUT2D eigenvalue weighted by Crippen LogP contribution is -2.14. The van der Waals surface area contributed by atoms with Gasteiger partial charge in [0.2, 0.25) is 0 Å². The highest BCUT2D eigenvalue weighted by atomic mass is 15.3. The Hall–Kier alpha value is -1.42. The first kappa shape index (κ1) is 7.82. The number of hydrogen-bond acceptors (Lipinski definition) is 3. The molecule has 0 bridgehead atoms. The van der Waals surface area contributed by atoms with Crippen molar-refractivity contribution in [3.63, 3.8) is 0 Å². The maximum atomic E-state index is 4.32. The van der Waals surface area contributed by atoms with E-state index >= 15 is 0 Å². The van der Waals surface area contributed by atoms with E-state index in [1.165, 1.54) is 0 Å². The fourth-order valence-electron chi connectivity index (χ4n) is 2.89. The summed E-state index contributed by atoms with van der Waals surface area (Å²) < 4.78 is 2.13. The number of fused-ring (bicyclic) bond motifs is 2. The largest absolute Gasteiger partial charge is 0.316 e. The van der Waals surface area contributed by atoms with Gasteiger partial charge >= 0.3 is 0 Å². The smallest absolute Gasteiger partial charge is 0.160 e. The van der Waals surface area contributed by atoms with E-state index in [2.05, 4.69) is 26.1 Å². The molecule has 0 amide bonds. The Morgan fingerprint density at radius 1 is 1.20 bits per heavy atom. The first-order valence-corrected chi connectivity index (χ1v) is 5.45. The van der Waals surface area contributed by atoms with Crippen LogP contribution in [0.1, 0.15) is 11.7 Å². The van der Waals surface area contributed by atoms with Gasteiger partial charge in [0.15, 0.2) is 5.65 Å². The van der Waals surface area contributed by atoms with Gasteiger partial charge in [0.1, 0.15) is 5.82 Å². The number of rotatable bonds is 1. The third-order valence-corrected chi connectivity index (χ3v) is 3.73. The molecule has 2 aromatic rings. The molecule has 1 aliphatic carbocycles. The molecule has 2 atom stereocenters. The molecule has 76 valence electrons. The van der Waals surface area contributed by atoms with Crippen LogP contribution in [0.2, 0.25) is 0 Å². The summed E-state index contributed by atoms with van der Waals surface area (Å²) in [5, 5.41) is 11.9. The van der Waals surface area contributed by atoms with Crippen molar-refractivity contribution in [2.75, 3.05) is 13.1 Å². The van der Waals surface area contributed by atoms with Crippen molar-refractivity contribution in [2.45, 2.75) is 5.92 Å². The van der Waals surface area contributed by atoms with E-state index in [-0.39, 0.29) is 0 Å². The van der Waals surface area contributed by atoms with Crippen LogP contribution < -0.4 is 5.32 Å². The maximum absolute atomic E-state index is 4.32. The van der Waals surface area contributed by atoms with E-state index in [9.17, 15) is 0 Å². The molecule has 4 heteroatoms. The Morgan fingerprint density at radius 3 is 2.93 bits per heavy atom. The van der Waals surface area contributed by atoms with E-state index in [0.717, 1.165) is 36.4 Å². The Morgan fingerprint density at radius 2 is 2.07 bits per heavy atom. The van der Waals surface area contributed by atoms with Crippen LogP contribution in [0.5, 0.6) is 0 Å². The van der Waals surface area contributed by atoms with Crippen LogP contribution in [-0.2, 0) is 0 Å². The molecule has 4 rings (SSSR count). The quantitative estimate of drug-likeness (QED) is 0.735. The molecule has 4 nitrogen and oxygen atoms in total. The predicted molar refractivity (Wildman–Crippen MR) is 55.6 cm³/mol. The molecule has 0 radical (unpaired) electrons. The number of nitrogens with zero attached hydrogens (tertiary/aromatic N) is 3. The first-order valence-electron chi connectivity index (χ1n) is 5.45. The molecule has 1 saturated heterocycles. The van der Waals surface area contributed by atoms with Crippen molar-refractivity contribution in [3.05, 3.63) is 30.2 Å². The van der Waals surface area contributed by atoms with Crippen LogP contribution in [0.25, 0.3) is 5.65 Å². The van der Waals surface area contributed by atoms with Crippen molar-refractivity contribution < 1.29 is 0 Å². The summed E-state index contributed by atoms with van der Waals surface area (Å²) in [6.07, 6.45) is 2.06. The Labute approximate surface area is 87.3 Å². The van der Waals surface area contributed by atoms with E-state index < -0.39 is 0 Å². The second-order valence-corrected chi connectivity index (χ2v) is 4.50. The predicted octanol–water partition coefficient (Wildman–Crippen LogP) is 0.662. The third kappa shape index (κ3) is 0.946. The van der Waals surface area contributed by atoms with Gasteiger partial charge in [-0.2, -0.15) is 0 Å². The molecule has 1 saturated carbocycles. The number of pyridine rings is 1. The van der Waals surface area contributed by atoms with Gasteiger partial charge in [-0.1, -0.05) is 6.07 Å². The maximum Gasteiger partial charge on any atom is 0.160 e. The number of nitrogens with one attached hydrogen (secondary N) is 1. The summed E-state index contributed by atoms with van der Waals surface area (Å²) in [4.78, 5) is 0. The fraction of sp³-hybridized carbons (Fsp3) is 0.455. The molecule has 2 aliphatic rings. The zero-order valence-corrected chi connectivity index (χ0v) is 8.30. The van der Waals surface area contributed by atoms with Crippen LogP contribution in [0.4, 0.5) is 0 Å². The molecule has 2 unspecified atom stereocenters. The monoisotopic (exact) mass is 200 g/mol. The Kier molecular flexibility index (Phi) is 1.34. The molecule has 2 fully saturated rings. The lowest BCUT2D eigenvalue weighted by molar-refractivity contribution is 0.657. The summed E-state index contributed by atoms with van der Waals surface area (Å²) in [7, 11) is 0. The standard InChI is InChI=1S/C11H12N4/c1-2-4-15-9(3-1)13-14-11(15)10-7-5-12-6-8(7)10/h1-4,7-8,10,12H,5-6H2. The van der Waals surface area contributed by atoms with Crippen molar-refractivity contribution in [2.24, 2.45) is 11.8 Å². The lowest BCUT2D eigenvalue weighted by atomic mass is 10.2. The minimum atomic E-state index is 0.642. The van der Waals surface area contributed by atoms with Gasteiger partial charge in [0, 0.05) is 12.1 Å². The van der Waals surface area contributed by atoms with Gasteiger partial charge in [-0.15, -0.1) is 10.2 Å².